The van der Waals surface area contributed by atoms with Gasteiger partial charge in [0.1, 0.15) is 0 Å². The summed E-state index contributed by atoms with van der Waals surface area (Å²) < 4.78 is 21.9. The maximum absolute atomic E-state index is 10.9. The molecule has 1 N–H and O–H groups in total. The summed E-state index contributed by atoms with van der Waals surface area (Å²) in [7, 11) is 0.944. The van der Waals surface area contributed by atoms with Crippen molar-refractivity contribution in [1.29, 1.82) is 0 Å². The van der Waals surface area contributed by atoms with E-state index in [1.165, 1.54) is 0 Å². The number of ether oxygens (including phenoxy) is 2. The number of benzene rings is 1. The Morgan fingerprint density at radius 3 is 2.79 bits per heavy atom. The molecule has 0 heterocycles. The lowest BCUT2D eigenvalue weighted by Gasteiger charge is -2.14. The van der Waals surface area contributed by atoms with Crippen LogP contribution in [-0.2, 0) is 17.3 Å². The maximum atomic E-state index is 10.9. The summed E-state index contributed by atoms with van der Waals surface area (Å²) in [4.78, 5) is 0. The van der Waals surface area contributed by atoms with Crippen molar-refractivity contribution in [2.75, 3.05) is 32.3 Å². The van der Waals surface area contributed by atoms with E-state index in [1.54, 1.807) is 13.4 Å². The second kappa shape index (κ2) is 8.93. The molecule has 1 rings (SSSR count). The predicted molar refractivity (Wildman–Crippen MR) is 79.4 cm³/mol. The van der Waals surface area contributed by atoms with Crippen molar-refractivity contribution in [1.82, 2.24) is 5.32 Å². The van der Waals surface area contributed by atoms with Gasteiger partial charge in [-0.05, 0) is 26.0 Å². The number of hydrogen-bond donors (Lipinski definition) is 1. The molecule has 0 radical (unpaired) electrons. The van der Waals surface area contributed by atoms with Gasteiger partial charge in [-0.15, -0.1) is 0 Å². The zero-order valence-corrected chi connectivity index (χ0v) is 12.7. The highest BCUT2D eigenvalue weighted by molar-refractivity contribution is 7.84. The highest BCUT2D eigenvalue weighted by atomic mass is 32.2. The molecule has 0 bridgehead atoms. The molecule has 1 aromatic rings. The smallest absolute Gasteiger partial charge is 0.165 e. The van der Waals surface area contributed by atoms with Gasteiger partial charge in [-0.2, -0.15) is 0 Å². The van der Waals surface area contributed by atoms with Crippen LogP contribution in [0.4, 0.5) is 0 Å². The molecule has 19 heavy (non-hydrogen) atoms. The summed E-state index contributed by atoms with van der Waals surface area (Å²) in [5.41, 5.74) is 1.08. The van der Waals surface area contributed by atoms with E-state index in [1.807, 2.05) is 25.1 Å². The molecule has 0 aliphatic heterocycles. The number of rotatable bonds is 9. The van der Waals surface area contributed by atoms with E-state index in [0.717, 1.165) is 42.3 Å². The number of methoxy groups -OCH3 is 1. The Kier molecular flexibility index (Phi) is 7.52. The van der Waals surface area contributed by atoms with Crippen LogP contribution in [0.3, 0.4) is 0 Å². The Morgan fingerprint density at radius 2 is 2.16 bits per heavy atom. The van der Waals surface area contributed by atoms with Crippen LogP contribution in [0.2, 0.25) is 0 Å². The Balaban J connectivity index is 2.52. The summed E-state index contributed by atoms with van der Waals surface area (Å²) in [6.07, 6.45) is 2.64. The molecular weight excluding hydrogens is 262 g/mol. The van der Waals surface area contributed by atoms with Crippen molar-refractivity contribution in [3.63, 3.8) is 0 Å². The fourth-order valence-electron chi connectivity index (χ4n) is 1.82. The molecule has 0 aromatic heterocycles. The molecular formula is C14H23NO3S. The monoisotopic (exact) mass is 285 g/mol. The van der Waals surface area contributed by atoms with Crippen molar-refractivity contribution < 1.29 is 13.7 Å². The normalized spacial score (nSPS) is 12.2. The van der Waals surface area contributed by atoms with Gasteiger partial charge in [0.05, 0.1) is 13.7 Å². The third kappa shape index (κ3) is 5.61. The average molecular weight is 285 g/mol. The van der Waals surface area contributed by atoms with Crippen LogP contribution in [0.5, 0.6) is 11.5 Å². The quantitative estimate of drug-likeness (QED) is 0.705. The number of hydrogen-bond acceptors (Lipinski definition) is 4. The molecule has 5 heteroatoms. The first kappa shape index (κ1) is 16.0. The van der Waals surface area contributed by atoms with Gasteiger partial charge < -0.3 is 14.8 Å². The molecule has 0 saturated carbocycles. The number of nitrogens with one attached hydrogen (secondary N) is 1. The van der Waals surface area contributed by atoms with Crippen LogP contribution in [0, 0.1) is 0 Å². The molecule has 108 valence electrons. The zero-order chi connectivity index (χ0) is 14.1. The van der Waals surface area contributed by atoms with Crippen LogP contribution < -0.4 is 14.8 Å². The lowest BCUT2D eigenvalue weighted by atomic mass is 10.2. The Labute approximate surface area is 118 Å². The lowest BCUT2D eigenvalue weighted by Crippen LogP contribution is -2.17. The molecule has 0 spiro atoms. The van der Waals surface area contributed by atoms with Crippen molar-refractivity contribution in [3.05, 3.63) is 23.8 Å². The van der Waals surface area contributed by atoms with Crippen LogP contribution in [0.1, 0.15) is 18.9 Å². The highest BCUT2D eigenvalue weighted by Gasteiger charge is 2.09. The average Bonchev–Trinajstić information content (AvgIpc) is 2.38. The van der Waals surface area contributed by atoms with Gasteiger partial charge in [-0.3, -0.25) is 4.21 Å². The Bertz CT molecular complexity index is 410. The van der Waals surface area contributed by atoms with Gasteiger partial charge in [0, 0.05) is 34.9 Å². The first-order valence-corrected chi connectivity index (χ1v) is 8.21. The van der Waals surface area contributed by atoms with E-state index in [2.05, 4.69) is 5.32 Å². The van der Waals surface area contributed by atoms with E-state index in [9.17, 15) is 4.21 Å². The van der Waals surface area contributed by atoms with Gasteiger partial charge in [0.2, 0.25) is 0 Å². The second-order valence-corrected chi connectivity index (χ2v) is 5.74. The fraction of sp³-hybridized carbons (Fsp3) is 0.571. The van der Waals surface area contributed by atoms with Gasteiger partial charge in [-0.25, -0.2) is 0 Å². The molecule has 1 atom stereocenters. The summed E-state index contributed by atoms with van der Waals surface area (Å²) in [6, 6.07) is 5.89. The van der Waals surface area contributed by atoms with Crippen LogP contribution in [-0.4, -0.2) is 36.5 Å². The minimum atomic E-state index is -0.711. The summed E-state index contributed by atoms with van der Waals surface area (Å²) in [5, 5.41) is 3.33. The van der Waals surface area contributed by atoms with E-state index in [0.29, 0.717) is 6.61 Å². The predicted octanol–water partition coefficient (Wildman–Crippen LogP) is 1.95. The molecule has 0 aliphatic carbocycles. The zero-order valence-electron chi connectivity index (χ0n) is 11.9. The van der Waals surface area contributed by atoms with Crippen LogP contribution in [0.25, 0.3) is 0 Å². The summed E-state index contributed by atoms with van der Waals surface area (Å²) in [5.74, 6) is 2.30. The van der Waals surface area contributed by atoms with Crippen molar-refractivity contribution in [3.8, 4) is 11.5 Å². The van der Waals surface area contributed by atoms with Crippen molar-refractivity contribution >= 4 is 10.8 Å². The maximum Gasteiger partial charge on any atom is 0.165 e. The topological polar surface area (TPSA) is 47.6 Å². The van der Waals surface area contributed by atoms with Crippen molar-refractivity contribution in [2.24, 2.45) is 0 Å². The summed E-state index contributed by atoms with van der Waals surface area (Å²) in [6.45, 7) is 4.15. The van der Waals surface area contributed by atoms with Gasteiger partial charge in [0.15, 0.2) is 11.5 Å². The molecule has 0 fully saturated rings. The van der Waals surface area contributed by atoms with E-state index in [-0.39, 0.29) is 0 Å². The molecule has 1 aromatic carbocycles. The van der Waals surface area contributed by atoms with E-state index in [4.69, 9.17) is 9.47 Å². The van der Waals surface area contributed by atoms with Gasteiger partial charge in [-0.1, -0.05) is 12.1 Å². The Hall–Kier alpha value is -1.07. The third-order valence-corrected chi connectivity index (χ3v) is 3.53. The van der Waals surface area contributed by atoms with Gasteiger partial charge in [0.25, 0.3) is 0 Å². The molecule has 0 aliphatic rings. The van der Waals surface area contributed by atoms with E-state index < -0.39 is 10.8 Å². The molecule has 4 nitrogen and oxygen atoms in total. The van der Waals surface area contributed by atoms with E-state index >= 15 is 0 Å². The SMILES string of the molecule is CCOc1cccc(CNCCCS(C)=O)c1OC. The molecule has 1 unspecified atom stereocenters. The second-order valence-electron chi connectivity index (χ2n) is 4.19. The standard InChI is InChI=1S/C14H23NO3S/c1-4-18-13-8-5-7-12(14(13)17-2)11-15-9-6-10-19(3)16/h5,7-8,15H,4,6,9-11H2,1-3H3. The molecule has 0 saturated heterocycles. The largest absolute Gasteiger partial charge is 0.493 e. The third-order valence-electron chi connectivity index (χ3n) is 2.67. The minimum absolute atomic E-state index is 0.621. The first-order chi connectivity index (χ1) is 9.19. The number of para-hydroxylation sites is 1. The summed E-state index contributed by atoms with van der Waals surface area (Å²) >= 11 is 0. The van der Waals surface area contributed by atoms with Gasteiger partial charge >= 0.3 is 0 Å². The first-order valence-electron chi connectivity index (χ1n) is 6.48. The molecule has 0 amide bonds. The highest BCUT2D eigenvalue weighted by Crippen LogP contribution is 2.30. The van der Waals surface area contributed by atoms with Crippen LogP contribution >= 0.6 is 0 Å². The van der Waals surface area contributed by atoms with Crippen molar-refractivity contribution in [2.45, 2.75) is 19.9 Å². The lowest BCUT2D eigenvalue weighted by molar-refractivity contribution is 0.308. The van der Waals surface area contributed by atoms with Crippen LogP contribution in [0.15, 0.2) is 18.2 Å². The minimum Gasteiger partial charge on any atom is -0.493 e. The Morgan fingerprint density at radius 1 is 1.37 bits per heavy atom. The fourth-order valence-corrected chi connectivity index (χ4v) is 2.38.